The lowest BCUT2D eigenvalue weighted by atomic mass is 10.2. The molecule has 0 unspecified atom stereocenters. The van der Waals surface area contributed by atoms with Gasteiger partial charge in [-0.2, -0.15) is 0 Å². The molecular weight excluding hydrogens is 248 g/mol. The Labute approximate surface area is 109 Å². The van der Waals surface area contributed by atoms with E-state index in [1.54, 1.807) is 31.2 Å². The van der Waals surface area contributed by atoms with Gasteiger partial charge in [-0.15, -0.1) is 0 Å². The third-order valence-corrected chi connectivity index (χ3v) is 2.52. The van der Waals surface area contributed by atoms with Crippen LogP contribution in [0.5, 0.6) is 11.6 Å². The lowest BCUT2D eigenvalue weighted by Crippen LogP contribution is -1.96. The average Bonchev–Trinajstić information content (AvgIpc) is 2.39. The molecule has 0 saturated carbocycles. The van der Waals surface area contributed by atoms with Crippen molar-refractivity contribution in [2.24, 2.45) is 0 Å². The Hall–Kier alpha value is -2.47. The van der Waals surface area contributed by atoms with Crippen LogP contribution in [0.25, 0.3) is 0 Å². The van der Waals surface area contributed by atoms with Crippen LogP contribution in [0.4, 0.5) is 5.69 Å². The average molecular weight is 260 g/mol. The molecule has 2 rings (SSSR count). The Morgan fingerprint density at radius 3 is 2.79 bits per heavy atom. The third-order valence-electron chi connectivity index (χ3n) is 2.52. The molecule has 0 aliphatic heterocycles. The Bertz CT molecular complexity index is 599. The number of aliphatic hydroxyl groups excluding tert-OH is 1. The van der Waals surface area contributed by atoms with Gasteiger partial charge in [0.15, 0.2) is 0 Å². The molecule has 19 heavy (non-hydrogen) atoms. The third kappa shape index (κ3) is 3.05. The zero-order valence-electron chi connectivity index (χ0n) is 10.2. The van der Waals surface area contributed by atoms with E-state index >= 15 is 0 Å². The molecule has 1 aromatic carbocycles. The van der Waals surface area contributed by atoms with Crippen LogP contribution in [0.3, 0.4) is 0 Å². The number of aromatic nitrogens is 1. The van der Waals surface area contributed by atoms with Crippen LogP contribution < -0.4 is 4.74 Å². The van der Waals surface area contributed by atoms with Gasteiger partial charge in [0.2, 0.25) is 11.6 Å². The molecule has 0 fully saturated rings. The van der Waals surface area contributed by atoms with Gasteiger partial charge in [0, 0.05) is 18.3 Å². The maximum atomic E-state index is 10.9. The van der Waals surface area contributed by atoms with Crippen molar-refractivity contribution < 1.29 is 14.8 Å². The quantitative estimate of drug-likeness (QED) is 0.674. The van der Waals surface area contributed by atoms with Gasteiger partial charge >= 0.3 is 5.69 Å². The summed E-state index contributed by atoms with van der Waals surface area (Å²) in [7, 11) is 0. The summed E-state index contributed by atoms with van der Waals surface area (Å²) < 4.78 is 5.40. The maximum absolute atomic E-state index is 10.9. The van der Waals surface area contributed by atoms with Gasteiger partial charge < -0.3 is 9.84 Å². The topological polar surface area (TPSA) is 85.5 Å². The van der Waals surface area contributed by atoms with Crippen molar-refractivity contribution in [2.45, 2.75) is 13.0 Å². The minimum atomic E-state index is -0.656. The predicted molar refractivity (Wildman–Crippen MR) is 68.0 cm³/mol. The highest BCUT2D eigenvalue weighted by Crippen LogP contribution is 2.30. The first-order chi connectivity index (χ1) is 9.08. The molecule has 0 saturated heterocycles. The summed E-state index contributed by atoms with van der Waals surface area (Å²) in [6.07, 6.45) is 0.822. The van der Waals surface area contributed by atoms with Gasteiger partial charge in [-0.25, -0.2) is 4.98 Å². The van der Waals surface area contributed by atoms with Gasteiger partial charge in [0.05, 0.1) is 11.0 Å². The van der Waals surface area contributed by atoms with Gasteiger partial charge in [0.1, 0.15) is 0 Å². The number of ether oxygens (including phenoxy) is 1. The summed E-state index contributed by atoms with van der Waals surface area (Å²) in [5.74, 6) is 0.315. The highest BCUT2D eigenvalue weighted by molar-refractivity contribution is 5.47. The van der Waals surface area contributed by atoms with E-state index in [-0.39, 0.29) is 17.3 Å². The van der Waals surface area contributed by atoms with Crippen molar-refractivity contribution in [3.63, 3.8) is 0 Å². The molecule has 1 N–H and O–H groups in total. The first-order valence-electron chi connectivity index (χ1n) is 5.63. The Balaban J connectivity index is 2.31. The fourth-order valence-electron chi connectivity index (χ4n) is 1.55. The number of pyridine rings is 1. The zero-order valence-corrected chi connectivity index (χ0v) is 10.2. The minimum Gasteiger partial charge on any atom is -0.432 e. The number of benzene rings is 1. The summed E-state index contributed by atoms with van der Waals surface area (Å²) in [6.45, 7) is 1.62. The monoisotopic (exact) mass is 260 g/mol. The summed E-state index contributed by atoms with van der Waals surface area (Å²) in [5, 5.41) is 20.3. The van der Waals surface area contributed by atoms with Gasteiger partial charge in [0.25, 0.3) is 0 Å². The molecule has 6 nitrogen and oxygen atoms in total. The van der Waals surface area contributed by atoms with Crippen LogP contribution in [-0.4, -0.2) is 15.0 Å². The standard InChI is InChI=1S/C13H12N2O4/c1-9(16)10-6-7-14-13(8-10)19-12-5-3-2-4-11(12)15(17)18/h2-9,16H,1H3/t9-/m1/s1. The minimum absolute atomic E-state index is 0.114. The molecule has 98 valence electrons. The molecule has 2 aromatic rings. The van der Waals surface area contributed by atoms with Crippen molar-refractivity contribution in [1.82, 2.24) is 4.98 Å². The van der Waals surface area contributed by atoms with Crippen LogP contribution in [0.2, 0.25) is 0 Å². The Morgan fingerprint density at radius 1 is 1.37 bits per heavy atom. The lowest BCUT2D eigenvalue weighted by Gasteiger charge is -2.08. The first kappa shape index (κ1) is 13.0. The molecular formula is C13H12N2O4. The Morgan fingerprint density at radius 2 is 2.11 bits per heavy atom. The van der Waals surface area contributed by atoms with E-state index in [2.05, 4.69) is 4.98 Å². The number of para-hydroxylation sites is 2. The number of hydrogen-bond donors (Lipinski definition) is 1. The van der Waals surface area contributed by atoms with Crippen LogP contribution in [0.1, 0.15) is 18.6 Å². The van der Waals surface area contributed by atoms with Crippen molar-refractivity contribution in [2.75, 3.05) is 0 Å². The van der Waals surface area contributed by atoms with Crippen LogP contribution >= 0.6 is 0 Å². The molecule has 0 bridgehead atoms. The van der Waals surface area contributed by atoms with E-state index in [1.165, 1.54) is 18.3 Å². The smallest absolute Gasteiger partial charge is 0.311 e. The van der Waals surface area contributed by atoms with Crippen molar-refractivity contribution >= 4 is 5.69 Å². The summed E-state index contributed by atoms with van der Waals surface area (Å²) in [4.78, 5) is 14.3. The maximum Gasteiger partial charge on any atom is 0.311 e. The molecule has 1 atom stereocenters. The Kier molecular flexibility index (Phi) is 3.72. The largest absolute Gasteiger partial charge is 0.432 e. The number of nitrogens with zero attached hydrogens (tertiary/aromatic N) is 2. The number of hydrogen-bond acceptors (Lipinski definition) is 5. The number of aliphatic hydroxyl groups is 1. The lowest BCUT2D eigenvalue weighted by molar-refractivity contribution is -0.385. The van der Waals surface area contributed by atoms with Gasteiger partial charge in [-0.3, -0.25) is 10.1 Å². The summed E-state index contributed by atoms with van der Waals surface area (Å²) >= 11 is 0. The molecule has 6 heteroatoms. The van der Waals surface area contributed by atoms with E-state index < -0.39 is 11.0 Å². The summed E-state index contributed by atoms with van der Waals surface area (Å²) in [5.41, 5.74) is 0.496. The van der Waals surface area contributed by atoms with Crippen molar-refractivity contribution in [3.8, 4) is 11.6 Å². The molecule has 0 amide bonds. The van der Waals surface area contributed by atoms with Gasteiger partial charge in [-0.1, -0.05) is 12.1 Å². The van der Waals surface area contributed by atoms with Crippen LogP contribution in [-0.2, 0) is 0 Å². The fourth-order valence-corrected chi connectivity index (χ4v) is 1.55. The second-order valence-corrected chi connectivity index (χ2v) is 3.93. The molecule has 0 aliphatic rings. The number of nitro groups is 1. The molecule has 0 aliphatic carbocycles. The van der Waals surface area contributed by atoms with E-state index in [9.17, 15) is 15.2 Å². The zero-order chi connectivity index (χ0) is 13.8. The van der Waals surface area contributed by atoms with Crippen LogP contribution in [0.15, 0.2) is 42.6 Å². The van der Waals surface area contributed by atoms with E-state index in [0.29, 0.717) is 5.56 Å². The predicted octanol–water partition coefficient (Wildman–Crippen LogP) is 2.84. The van der Waals surface area contributed by atoms with E-state index in [0.717, 1.165) is 0 Å². The fraction of sp³-hybridized carbons (Fsp3) is 0.154. The van der Waals surface area contributed by atoms with E-state index in [4.69, 9.17) is 4.74 Å². The highest BCUT2D eigenvalue weighted by atomic mass is 16.6. The van der Waals surface area contributed by atoms with E-state index in [1.807, 2.05) is 0 Å². The summed E-state index contributed by atoms with van der Waals surface area (Å²) in [6, 6.07) is 9.24. The molecule has 0 radical (unpaired) electrons. The number of nitro benzene ring substituents is 1. The van der Waals surface area contributed by atoms with Crippen LogP contribution in [0, 0.1) is 10.1 Å². The van der Waals surface area contributed by atoms with Crippen molar-refractivity contribution in [3.05, 3.63) is 58.3 Å². The van der Waals surface area contributed by atoms with Gasteiger partial charge in [-0.05, 0) is 24.6 Å². The second-order valence-electron chi connectivity index (χ2n) is 3.93. The SMILES string of the molecule is C[C@@H](O)c1ccnc(Oc2ccccc2[N+](=O)[O-])c1. The highest BCUT2D eigenvalue weighted by Gasteiger charge is 2.15. The molecule has 1 heterocycles. The number of rotatable bonds is 4. The van der Waals surface area contributed by atoms with Crippen molar-refractivity contribution in [1.29, 1.82) is 0 Å². The molecule has 1 aromatic heterocycles. The first-order valence-corrected chi connectivity index (χ1v) is 5.63. The normalized spacial score (nSPS) is 11.9. The molecule has 0 spiro atoms. The second kappa shape index (κ2) is 5.45.